The number of amides is 1. The van der Waals surface area contributed by atoms with E-state index in [1.807, 2.05) is 0 Å². The summed E-state index contributed by atoms with van der Waals surface area (Å²) in [6.45, 7) is 3.68. The number of alkyl halides is 3. The Kier molecular flexibility index (Phi) is 7.79. The van der Waals surface area contributed by atoms with Crippen LogP contribution in [-0.4, -0.2) is 39.7 Å². The molecule has 200 valence electrons. The number of aliphatic hydroxyl groups excluding tert-OH is 1. The highest BCUT2D eigenvalue weighted by Gasteiger charge is 2.30. The molecule has 0 saturated carbocycles. The van der Waals surface area contributed by atoms with Crippen LogP contribution in [-0.2, 0) is 11.0 Å². The van der Waals surface area contributed by atoms with E-state index in [1.165, 1.54) is 24.5 Å². The van der Waals surface area contributed by atoms with Crippen molar-refractivity contribution in [2.24, 2.45) is 0 Å². The first-order chi connectivity index (χ1) is 17.9. The van der Waals surface area contributed by atoms with Crippen molar-refractivity contribution in [2.75, 3.05) is 23.8 Å². The first kappa shape index (κ1) is 27.2. The molecule has 2 heterocycles. The average molecular weight is 548 g/mol. The molecule has 0 saturated heterocycles. The first-order valence-corrected chi connectivity index (χ1v) is 12.0. The van der Waals surface area contributed by atoms with Gasteiger partial charge in [0.25, 0.3) is 0 Å². The first-order valence-electron chi connectivity index (χ1n) is 11.6. The lowest BCUT2D eigenvalue weighted by atomic mass is 10.0. The summed E-state index contributed by atoms with van der Waals surface area (Å²) in [7, 11) is 0. The lowest BCUT2D eigenvalue weighted by Gasteiger charge is -2.24. The fraction of sp³-hybridized carbons (Fsp3) is 0.269. The summed E-state index contributed by atoms with van der Waals surface area (Å²) in [5.41, 5.74) is -0.0552. The van der Waals surface area contributed by atoms with E-state index in [4.69, 9.17) is 16.3 Å². The zero-order valence-corrected chi connectivity index (χ0v) is 21.2. The van der Waals surface area contributed by atoms with Gasteiger partial charge in [-0.25, -0.2) is 9.97 Å². The van der Waals surface area contributed by atoms with Crippen LogP contribution in [0.25, 0.3) is 6.08 Å². The predicted octanol–water partition coefficient (Wildman–Crippen LogP) is 5.77. The third-order valence-corrected chi connectivity index (χ3v) is 5.91. The number of halogens is 4. The predicted molar refractivity (Wildman–Crippen MR) is 139 cm³/mol. The van der Waals surface area contributed by atoms with Crippen LogP contribution in [0.2, 0.25) is 5.02 Å². The van der Waals surface area contributed by atoms with E-state index in [1.54, 1.807) is 32.1 Å². The van der Waals surface area contributed by atoms with Gasteiger partial charge in [0.1, 0.15) is 29.5 Å². The number of carbonyl (C=O) groups is 1. The summed E-state index contributed by atoms with van der Waals surface area (Å²) in [5.74, 6) is 0.786. The minimum absolute atomic E-state index is 0.00468. The van der Waals surface area contributed by atoms with Gasteiger partial charge in [0.05, 0.1) is 28.3 Å². The van der Waals surface area contributed by atoms with Crippen molar-refractivity contribution < 1.29 is 27.8 Å². The Balaban J connectivity index is 1.57. The quantitative estimate of drug-likeness (QED) is 0.297. The molecule has 0 unspecified atom stereocenters. The second-order valence-electron chi connectivity index (χ2n) is 9.22. The smallest absolute Gasteiger partial charge is 0.416 e. The van der Waals surface area contributed by atoms with Crippen LogP contribution >= 0.6 is 11.6 Å². The molecular weight excluding hydrogens is 523 g/mol. The van der Waals surface area contributed by atoms with Gasteiger partial charge in [0.15, 0.2) is 0 Å². The summed E-state index contributed by atoms with van der Waals surface area (Å²) in [6.07, 6.45) is -1.01. The molecule has 0 spiro atoms. The van der Waals surface area contributed by atoms with Crippen LogP contribution < -0.4 is 20.7 Å². The molecule has 1 aliphatic rings. The van der Waals surface area contributed by atoms with E-state index in [9.17, 15) is 23.1 Å². The van der Waals surface area contributed by atoms with E-state index in [0.717, 1.165) is 12.1 Å². The molecule has 2 aromatic carbocycles. The van der Waals surface area contributed by atoms with Crippen molar-refractivity contribution in [1.82, 2.24) is 15.3 Å². The van der Waals surface area contributed by atoms with Gasteiger partial charge in [-0.2, -0.15) is 13.2 Å². The average Bonchev–Trinajstić information content (AvgIpc) is 3.09. The number of aromatic nitrogens is 2. The number of nitrogens with one attached hydrogen (secondary N) is 3. The molecule has 0 aliphatic carbocycles. The fourth-order valence-electron chi connectivity index (χ4n) is 3.60. The van der Waals surface area contributed by atoms with Crippen molar-refractivity contribution in [3.8, 4) is 11.5 Å². The van der Waals surface area contributed by atoms with Gasteiger partial charge in [-0.05, 0) is 62.7 Å². The molecular formula is C26H25ClF3N5O3. The molecule has 1 aromatic heterocycles. The Bertz CT molecular complexity index is 1380. The van der Waals surface area contributed by atoms with Crippen molar-refractivity contribution in [3.63, 3.8) is 0 Å². The third-order valence-electron chi connectivity index (χ3n) is 5.61. The van der Waals surface area contributed by atoms with Gasteiger partial charge >= 0.3 is 6.18 Å². The lowest BCUT2D eigenvalue weighted by molar-refractivity contribution is -0.137. The number of nitrogens with zero attached hydrogens (tertiary/aromatic N) is 2. The van der Waals surface area contributed by atoms with Gasteiger partial charge in [-0.1, -0.05) is 17.7 Å². The molecule has 0 radical (unpaired) electrons. The molecule has 3 aromatic rings. The van der Waals surface area contributed by atoms with Gasteiger partial charge < -0.3 is 25.8 Å². The molecule has 0 bridgehead atoms. The number of anilines is 3. The highest BCUT2D eigenvalue weighted by atomic mass is 35.5. The summed E-state index contributed by atoms with van der Waals surface area (Å²) < 4.78 is 44.6. The van der Waals surface area contributed by atoms with Crippen molar-refractivity contribution in [3.05, 3.63) is 70.5 Å². The minimum Gasteiger partial charge on any atom is -0.456 e. The number of hydrogen-bond donors (Lipinski definition) is 4. The van der Waals surface area contributed by atoms with E-state index in [2.05, 4.69) is 25.9 Å². The summed E-state index contributed by atoms with van der Waals surface area (Å²) >= 11 is 6.37. The third kappa shape index (κ3) is 6.53. The Morgan fingerprint density at radius 3 is 2.68 bits per heavy atom. The maximum absolute atomic E-state index is 13.0. The zero-order chi connectivity index (χ0) is 27.5. The molecule has 1 aliphatic heterocycles. The topological polar surface area (TPSA) is 108 Å². The molecule has 1 amide bonds. The SMILES string of the molecule is CC(C)(CO)NC(=O)C1=Cc2c(ncnc2Nc2ccc(Oc3cccc(C(F)(F)F)c3)c(Cl)c2)NCC1. The maximum Gasteiger partial charge on any atom is 0.416 e. The van der Waals surface area contributed by atoms with Crippen LogP contribution in [0.3, 0.4) is 0 Å². The number of carbonyl (C=O) groups excluding carboxylic acids is 1. The standard InChI is InChI=1S/C26H25ClF3N5O3/c1-25(2,13-36)35-24(37)15-8-9-31-22-19(10-15)23(33-14-32-22)34-17-6-7-21(20(27)12-17)38-18-5-3-4-16(11-18)26(28,29)30/h3-7,10-12,14,36H,8-9,13H2,1-2H3,(H,35,37)(H2,31,32,33,34). The van der Waals surface area contributed by atoms with Crippen LogP contribution in [0.1, 0.15) is 31.4 Å². The lowest BCUT2D eigenvalue weighted by Crippen LogP contribution is -2.46. The molecule has 4 rings (SSSR count). The van der Waals surface area contributed by atoms with Crippen LogP contribution in [0.15, 0.2) is 54.4 Å². The normalized spacial score (nSPS) is 13.5. The van der Waals surface area contributed by atoms with Crippen molar-refractivity contribution >= 4 is 40.9 Å². The number of fused-ring (bicyclic) bond motifs is 1. The fourth-order valence-corrected chi connectivity index (χ4v) is 3.82. The number of ether oxygens (including phenoxy) is 1. The van der Waals surface area contributed by atoms with Gasteiger partial charge in [0.2, 0.25) is 5.91 Å². The Labute approximate surface area is 221 Å². The number of benzene rings is 2. The highest BCUT2D eigenvalue weighted by molar-refractivity contribution is 6.32. The second kappa shape index (κ2) is 10.9. The largest absolute Gasteiger partial charge is 0.456 e. The molecule has 4 N–H and O–H groups in total. The van der Waals surface area contributed by atoms with Crippen LogP contribution in [0.4, 0.5) is 30.5 Å². The zero-order valence-electron chi connectivity index (χ0n) is 20.5. The van der Waals surface area contributed by atoms with E-state index >= 15 is 0 Å². The maximum atomic E-state index is 13.0. The molecule has 12 heteroatoms. The van der Waals surface area contributed by atoms with Crippen molar-refractivity contribution in [2.45, 2.75) is 32.0 Å². The van der Waals surface area contributed by atoms with Crippen molar-refractivity contribution in [1.29, 1.82) is 0 Å². The summed E-state index contributed by atoms with van der Waals surface area (Å²) in [6, 6.07) is 9.21. The Morgan fingerprint density at radius 1 is 1.18 bits per heavy atom. The molecule has 8 nitrogen and oxygen atoms in total. The molecule has 0 atom stereocenters. The van der Waals surface area contributed by atoms with E-state index in [-0.39, 0.29) is 29.0 Å². The van der Waals surface area contributed by atoms with E-state index in [0.29, 0.717) is 41.4 Å². The minimum atomic E-state index is -4.49. The van der Waals surface area contributed by atoms with Gasteiger partial charge in [0, 0.05) is 17.8 Å². The summed E-state index contributed by atoms with van der Waals surface area (Å²) in [4.78, 5) is 21.4. The van der Waals surface area contributed by atoms with Crippen LogP contribution in [0.5, 0.6) is 11.5 Å². The second-order valence-corrected chi connectivity index (χ2v) is 9.63. The summed E-state index contributed by atoms with van der Waals surface area (Å²) in [5, 5.41) is 18.8. The Hall–Kier alpha value is -3.83. The number of rotatable bonds is 7. The monoisotopic (exact) mass is 547 g/mol. The Morgan fingerprint density at radius 2 is 1.97 bits per heavy atom. The highest BCUT2D eigenvalue weighted by Crippen LogP contribution is 2.36. The van der Waals surface area contributed by atoms with Gasteiger partial charge in [-0.3, -0.25) is 4.79 Å². The van der Waals surface area contributed by atoms with Crippen LogP contribution in [0, 0.1) is 0 Å². The van der Waals surface area contributed by atoms with Gasteiger partial charge in [-0.15, -0.1) is 0 Å². The molecule has 38 heavy (non-hydrogen) atoms. The molecule has 0 fully saturated rings. The number of hydrogen-bond acceptors (Lipinski definition) is 7. The van der Waals surface area contributed by atoms with E-state index < -0.39 is 17.3 Å². The number of aliphatic hydroxyl groups is 1.